The van der Waals surface area contributed by atoms with E-state index in [-0.39, 0.29) is 34.4 Å². The highest BCUT2D eigenvalue weighted by Crippen LogP contribution is 2.25. The highest BCUT2D eigenvalue weighted by Gasteiger charge is 2.28. The van der Waals surface area contributed by atoms with E-state index in [4.69, 9.17) is 4.74 Å². The number of sulfonamides is 1. The van der Waals surface area contributed by atoms with Gasteiger partial charge in [-0.2, -0.15) is 4.31 Å². The predicted molar refractivity (Wildman–Crippen MR) is 142 cm³/mol. The number of aromatic nitrogens is 2. The van der Waals surface area contributed by atoms with Crippen LogP contribution in [0.5, 0.6) is 0 Å². The Hall–Kier alpha value is -3.09. The van der Waals surface area contributed by atoms with Crippen LogP contribution in [0.1, 0.15) is 54.3 Å². The summed E-state index contributed by atoms with van der Waals surface area (Å²) in [5.74, 6) is -1.42. The first-order valence-electron chi connectivity index (χ1n) is 12.0. The van der Waals surface area contributed by atoms with Crippen LogP contribution in [0.15, 0.2) is 34.0 Å². The predicted octanol–water partition coefficient (Wildman–Crippen LogP) is 3.13. The topological polar surface area (TPSA) is 139 Å². The number of rotatable bonds is 10. The molecule has 0 aliphatic carbocycles. The maximum atomic E-state index is 13.0. The Morgan fingerprint density at radius 3 is 2.49 bits per heavy atom. The van der Waals surface area contributed by atoms with Crippen LogP contribution >= 0.6 is 11.3 Å². The normalized spacial score (nSPS) is 12.8. The van der Waals surface area contributed by atoms with Crippen molar-refractivity contribution in [2.24, 2.45) is 5.92 Å². The smallest absolute Gasteiger partial charge is 0.329 e. The minimum atomic E-state index is -3.75. The van der Waals surface area contributed by atoms with E-state index in [2.05, 4.69) is 15.3 Å². The molecule has 37 heavy (non-hydrogen) atoms. The first kappa shape index (κ1) is 28.5. The summed E-state index contributed by atoms with van der Waals surface area (Å²) in [5.41, 5.74) is 0.673. The number of H-pyrrole nitrogens is 1. The minimum absolute atomic E-state index is 0.00278. The van der Waals surface area contributed by atoms with Crippen molar-refractivity contribution in [3.63, 3.8) is 0 Å². The van der Waals surface area contributed by atoms with E-state index in [1.807, 2.05) is 13.8 Å². The van der Waals surface area contributed by atoms with Gasteiger partial charge in [-0.25, -0.2) is 18.2 Å². The second-order valence-electron chi connectivity index (χ2n) is 8.90. The number of carbonyl (C=O) groups excluding carboxylic acids is 2. The van der Waals surface area contributed by atoms with E-state index < -0.39 is 27.9 Å². The van der Waals surface area contributed by atoms with Gasteiger partial charge in [-0.1, -0.05) is 33.8 Å². The number of amides is 1. The summed E-state index contributed by atoms with van der Waals surface area (Å²) in [4.78, 5) is 46.9. The van der Waals surface area contributed by atoms with Crippen molar-refractivity contribution in [3.05, 3.63) is 56.4 Å². The molecule has 2 aromatic heterocycles. The average molecular weight is 549 g/mol. The number of aryl methyl sites for hydroxylation is 2. The monoisotopic (exact) mass is 548 g/mol. The summed E-state index contributed by atoms with van der Waals surface area (Å²) in [6, 6.07) is 4.69. The summed E-state index contributed by atoms with van der Waals surface area (Å²) in [6.07, 6.45) is 0. The molecule has 0 radical (unpaired) electrons. The van der Waals surface area contributed by atoms with Gasteiger partial charge in [0.05, 0.1) is 10.3 Å². The summed E-state index contributed by atoms with van der Waals surface area (Å²) < 4.78 is 32.4. The number of thiophene rings is 1. The van der Waals surface area contributed by atoms with Crippen LogP contribution in [0.2, 0.25) is 0 Å². The largest absolute Gasteiger partial charge is 0.456 e. The zero-order valence-electron chi connectivity index (χ0n) is 21.7. The Morgan fingerprint density at radius 2 is 1.86 bits per heavy atom. The lowest BCUT2D eigenvalue weighted by molar-refractivity contribution is -0.148. The maximum Gasteiger partial charge on any atom is 0.329 e. The summed E-state index contributed by atoms with van der Waals surface area (Å²) in [7, 11) is -3.75. The number of benzene rings is 1. The van der Waals surface area contributed by atoms with E-state index in [9.17, 15) is 22.8 Å². The van der Waals surface area contributed by atoms with Gasteiger partial charge < -0.3 is 15.0 Å². The summed E-state index contributed by atoms with van der Waals surface area (Å²) in [5, 5.41) is 3.17. The number of nitrogens with zero attached hydrogens (tertiary/aromatic N) is 2. The molecule has 0 bridgehead atoms. The zero-order chi connectivity index (χ0) is 27.5. The van der Waals surface area contributed by atoms with E-state index in [0.717, 1.165) is 10.4 Å². The minimum Gasteiger partial charge on any atom is -0.456 e. The molecular weight excluding hydrogens is 516 g/mol. The Labute approximate surface area is 220 Å². The first-order chi connectivity index (χ1) is 17.4. The summed E-state index contributed by atoms with van der Waals surface area (Å²) in [6.45, 7) is 11.1. The zero-order valence-corrected chi connectivity index (χ0v) is 23.4. The molecule has 0 saturated carbocycles. The van der Waals surface area contributed by atoms with Gasteiger partial charge in [0.1, 0.15) is 23.3 Å². The summed E-state index contributed by atoms with van der Waals surface area (Å²) >= 11 is 1.39. The Morgan fingerprint density at radius 1 is 1.19 bits per heavy atom. The van der Waals surface area contributed by atoms with Crippen molar-refractivity contribution in [1.29, 1.82) is 0 Å². The van der Waals surface area contributed by atoms with Crippen molar-refractivity contribution >= 4 is 43.5 Å². The molecule has 10 nitrogen and oxygen atoms in total. The molecule has 0 aliphatic rings. The van der Waals surface area contributed by atoms with Crippen molar-refractivity contribution in [2.75, 3.05) is 13.1 Å². The molecule has 3 aromatic rings. The molecule has 0 fully saturated rings. The number of aromatic amines is 1. The molecule has 3 rings (SSSR count). The van der Waals surface area contributed by atoms with Crippen LogP contribution in [-0.4, -0.2) is 53.7 Å². The lowest BCUT2D eigenvalue weighted by Gasteiger charge is -2.21. The van der Waals surface area contributed by atoms with Crippen molar-refractivity contribution < 1.29 is 22.7 Å². The lowest BCUT2D eigenvalue weighted by atomic mass is 10.0. The van der Waals surface area contributed by atoms with Crippen molar-refractivity contribution in [2.45, 2.75) is 59.1 Å². The highest BCUT2D eigenvalue weighted by molar-refractivity contribution is 7.89. The van der Waals surface area contributed by atoms with Crippen LogP contribution in [-0.2, 0) is 26.2 Å². The molecule has 2 heterocycles. The number of ether oxygens (including phenoxy) is 1. The fourth-order valence-electron chi connectivity index (χ4n) is 3.83. The van der Waals surface area contributed by atoms with Crippen LogP contribution in [0, 0.1) is 19.8 Å². The number of hydrogen-bond donors (Lipinski definition) is 2. The van der Waals surface area contributed by atoms with E-state index in [1.165, 1.54) is 39.9 Å². The Kier molecular flexibility index (Phi) is 8.88. The average Bonchev–Trinajstić information content (AvgIpc) is 3.14. The fourth-order valence-corrected chi connectivity index (χ4v) is 6.38. The van der Waals surface area contributed by atoms with Crippen LogP contribution in [0.3, 0.4) is 0 Å². The van der Waals surface area contributed by atoms with Gasteiger partial charge >= 0.3 is 5.97 Å². The van der Waals surface area contributed by atoms with Gasteiger partial charge in [0.2, 0.25) is 10.0 Å². The molecule has 1 aromatic carbocycles. The van der Waals surface area contributed by atoms with Crippen LogP contribution < -0.4 is 10.9 Å². The second-order valence-corrected chi connectivity index (χ2v) is 12.0. The number of esters is 1. The molecule has 12 heteroatoms. The maximum absolute atomic E-state index is 13.0. The van der Waals surface area contributed by atoms with Gasteiger partial charge in [-0.15, -0.1) is 11.3 Å². The van der Waals surface area contributed by atoms with Gasteiger partial charge in [0, 0.05) is 23.5 Å². The standard InChI is InChI=1S/C25H32N4O6S2/c1-7-29(8-2)37(33,34)18-11-9-10-17(12-18)22(30)28-21(14(3)4)25(32)35-13-19-26-23(31)20-15(5)16(6)36-24(20)27-19/h9-12,14,21H,7-8,13H2,1-6H3,(H,28,30)(H,26,27,31). The van der Waals surface area contributed by atoms with Gasteiger partial charge in [0.25, 0.3) is 11.5 Å². The molecule has 1 amide bonds. The third-order valence-electron chi connectivity index (χ3n) is 6.09. The van der Waals surface area contributed by atoms with E-state index in [1.54, 1.807) is 27.7 Å². The first-order valence-corrected chi connectivity index (χ1v) is 14.2. The van der Waals surface area contributed by atoms with Crippen molar-refractivity contribution in [3.8, 4) is 0 Å². The number of hydrogen-bond acceptors (Lipinski definition) is 8. The molecule has 0 saturated heterocycles. The third kappa shape index (κ3) is 6.08. The molecular formula is C25H32N4O6S2. The quantitative estimate of drug-likeness (QED) is 0.371. The second kappa shape index (κ2) is 11.5. The lowest BCUT2D eigenvalue weighted by Crippen LogP contribution is -2.45. The van der Waals surface area contributed by atoms with E-state index in [0.29, 0.717) is 23.3 Å². The Bertz CT molecular complexity index is 1470. The van der Waals surface area contributed by atoms with Gasteiger partial charge in [-0.05, 0) is 43.5 Å². The molecule has 1 unspecified atom stereocenters. The van der Waals surface area contributed by atoms with Gasteiger partial charge in [-0.3, -0.25) is 9.59 Å². The van der Waals surface area contributed by atoms with Crippen LogP contribution in [0.4, 0.5) is 0 Å². The molecule has 0 aliphatic heterocycles. The molecule has 2 N–H and O–H groups in total. The van der Waals surface area contributed by atoms with E-state index >= 15 is 0 Å². The molecule has 200 valence electrons. The van der Waals surface area contributed by atoms with Crippen molar-refractivity contribution in [1.82, 2.24) is 19.6 Å². The van der Waals surface area contributed by atoms with Gasteiger partial charge in [0.15, 0.2) is 0 Å². The highest BCUT2D eigenvalue weighted by atomic mass is 32.2. The SMILES string of the molecule is CCN(CC)S(=O)(=O)c1cccc(C(=O)NC(C(=O)OCc2nc3sc(C)c(C)c3c(=O)[nH]2)C(C)C)c1. The third-order valence-corrected chi connectivity index (χ3v) is 9.23. The number of fused-ring (bicyclic) bond motifs is 1. The molecule has 0 spiro atoms. The Balaban J connectivity index is 1.75. The fraction of sp³-hybridized carbons (Fsp3) is 0.440. The number of nitrogens with one attached hydrogen (secondary N) is 2. The van der Waals surface area contributed by atoms with Crippen LogP contribution in [0.25, 0.3) is 10.2 Å². The molecule has 1 atom stereocenters. The number of carbonyl (C=O) groups is 2.